The van der Waals surface area contributed by atoms with Gasteiger partial charge >= 0.3 is 5.97 Å². The first-order valence-corrected chi connectivity index (χ1v) is 5.80. The highest BCUT2D eigenvalue weighted by Gasteiger charge is 2.09. The number of carboxylic acids is 1. The molecule has 1 N–H and O–H groups in total. The van der Waals surface area contributed by atoms with Crippen LogP contribution in [0.2, 0.25) is 0 Å². The largest absolute Gasteiger partial charge is 0.478 e. The van der Waals surface area contributed by atoms with E-state index in [-0.39, 0.29) is 5.56 Å². The van der Waals surface area contributed by atoms with Crippen molar-refractivity contribution >= 4 is 16.9 Å². The lowest BCUT2D eigenvalue weighted by molar-refractivity contribution is 0.0697. The summed E-state index contributed by atoms with van der Waals surface area (Å²) in [5, 5.41) is 14.3. The lowest BCUT2D eigenvalue weighted by Crippen LogP contribution is -1.99. The van der Waals surface area contributed by atoms with Crippen LogP contribution in [0, 0.1) is 6.92 Å². The van der Waals surface area contributed by atoms with Crippen molar-refractivity contribution in [3.05, 3.63) is 54.0 Å². The standard InChI is InChI=1S/C14H11N3O2/c1-9-12-8-15-7-6-13(12)17(16-9)11-4-2-10(3-5-11)14(18)19/h2-8H,1H3,(H,18,19). The summed E-state index contributed by atoms with van der Waals surface area (Å²) < 4.78 is 1.79. The number of aromatic nitrogens is 3. The minimum absolute atomic E-state index is 0.263. The molecule has 0 aliphatic heterocycles. The Balaban J connectivity index is 2.16. The molecule has 0 aliphatic carbocycles. The van der Waals surface area contributed by atoms with Gasteiger partial charge in [0.15, 0.2) is 0 Å². The van der Waals surface area contributed by atoms with Crippen LogP contribution in [0.5, 0.6) is 0 Å². The van der Waals surface area contributed by atoms with Gasteiger partial charge in [-0.15, -0.1) is 0 Å². The summed E-state index contributed by atoms with van der Waals surface area (Å²) in [5.41, 5.74) is 2.94. The van der Waals surface area contributed by atoms with Crippen LogP contribution in [0.25, 0.3) is 16.6 Å². The molecule has 2 aromatic heterocycles. The summed E-state index contributed by atoms with van der Waals surface area (Å²) in [6.45, 7) is 1.92. The molecule has 0 fully saturated rings. The summed E-state index contributed by atoms with van der Waals surface area (Å²) in [6.07, 6.45) is 3.49. The molecular weight excluding hydrogens is 242 g/mol. The van der Waals surface area contributed by atoms with Gasteiger partial charge in [-0.05, 0) is 37.3 Å². The van der Waals surface area contributed by atoms with Gasteiger partial charge in [-0.25, -0.2) is 9.48 Å². The van der Waals surface area contributed by atoms with E-state index in [2.05, 4.69) is 10.1 Å². The van der Waals surface area contributed by atoms with Gasteiger partial charge in [-0.2, -0.15) is 5.10 Å². The molecule has 0 atom stereocenters. The number of aryl methyl sites for hydroxylation is 1. The van der Waals surface area contributed by atoms with E-state index in [9.17, 15) is 4.79 Å². The van der Waals surface area contributed by atoms with Crippen molar-refractivity contribution in [3.8, 4) is 5.69 Å². The second-order valence-corrected chi connectivity index (χ2v) is 4.24. The van der Waals surface area contributed by atoms with Gasteiger partial charge < -0.3 is 5.11 Å². The summed E-state index contributed by atoms with van der Waals surface area (Å²) >= 11 is 0. The Morgan fingerprint density at radius 2 is 1.95 bits per heavy atom. The Kier molecular flexibility index (Phi) is 2.52. The fraction of sp³-hybridized carbons (Fsp3) is 0.0714. The molecule has 0 bridgehead atoms. The zero-order valence-corrected chi connectivity index (χ0v) is 10.2. The van der Waals surface area contributed by atoms with Gasteiger partial charge in [0.25, 0.3) is 0 Å². The lowest BCUT2D eigenvalue weighted by Gasteiger charge is -2.03. The highest BCUT2D eigenvalue weighted by Crippen LogP contribution is 2.20. The number of rotatable bonds is 2. The van der Waals surface area contributed by atoms with Gasteiger partial charge in [0.1, 0.15) is 0 Å². The van der Waals surface area contributed by atoms with Crippen LogP contribution in [0.15, 0.2) is 42.7 Å². The monoisotopic (exact) mass is 253 g/mol. The van der Waals surface area contributed by atoms with E-state index in [1.54, 1.807) is 41.3 Å². The number of pyridine rings is 1. The Bertz CT molecular complexity index is 760. The molecule has 0 saturated heterocycles. The van der Waals surface area contributed by atoms with Crippen molar-refractivity contribution in [3.63, 3.8) is 0 Å². The van der Waals surface area contributed by atoms with E-state index in [1.807, 2.05) is 13.0 Å². The summed E-state index contributed by atoms with van der Waals surface area (Å²) in [6, 6.07) is 8.52. The molecule has 3 aromatic rings. The van der Waals surface area contributed by atoms with Crippen LogP contribution in [0.1, 0.15) is 16.1 Å². The van der Waals surface area contributed by atoms with Crippen molar-refractivity contribution < 1.29 is 9.90 Å². The lowest BCUT2D eigenvalue weighted by atomic mass is 10.2. The average molecular weight is 253 g/mol. The van der Waals surface area contributed by atoms with Crippen LogP contribution >= 0.6 is 0 Å². The number of benzene rings is 1. The van der Waals surface area contributed by atoms with Crippen LogP contribution in [-0.2, 0) is 0 Å². The topological polar surface area (TPSA) is 68.0 Å². The maximum atomic E-state index is 10.8. The predicted octanol–water partition coefficient (Wildman–Crippen LogP) is 2.43. The normalized spacial score (nSPS) is 10.8. The first-order chi connectivity index (χ1) is 9.16. The third-order valence-corrected chi connectivity index (χ3v) is 3.02. The molecule has 0 unspecified atom stereocenters. The zero-order chi connectivity index (χ0) is 13.4. The molecule has 0 saturated carbocycles. The van der Waals surface area contributed by atoms with E-state index in [0.29, 0.717) is 0 Å². The Hall–Kier alpha value is -2.69. The molecule has 3 rings (SSSR count). The van der Waals surface area contributed by atoms with Crippen molar-refractivity contribution in [2.75, 3.05) is 0 Å². The molecule has 5 heteroatoms. The molecule has 94 valence electrons. The first-order valence-electron chi connectivity index (χ1n) is 5.80. The molecule has 2 heterocycles. The molecule has 5 nitrogen and oxygen atoms in total. The smallest absolute Gasteiger partial charge is 0.335 e. The fourth-order valence-electron chi connectivity index (χ4n) is 2.05. The number of nitrogens with zero attached hydrogens (tertiary/aromatic N) is 3. The highest BCUT2D eigenvalue weighted by molar-refractivity contribution is 5.88. The van der Waals surface area contributed by atoms with Gasteiger partial charge in [-0.3, -0.25) is 4.98 Å². The van der Waals surface area contributed by atoms with Crippen LogP contribution in [-0.4, -0.2) is 25.8 Å². The summed E-state index contributed by atoms with van der Waals surface area (Å²) in [5.74, 6) is -0.933. The highest BCUT2D eigenvalue weighted by atomic mass is 16.4. The number of hydrogen-bond acceptors (Lipinski definition) is 3. The minimum Gasteiger partial charge on any atom is -0.478 e. The number of fused-ring (bicyclic) bond motifs is 1. The second kappa shape index (κ2) is 4.20. The molecule has 1 aromatic carbocycles. The maximum Gasteiger partial charge on any atom is 0.335 e. The van der Waals surface area contributed by atoms with Gasteiger partial charge in [0.2, 0.25) is 0 Å². The third kappa shape index (κ3) is 1.85. The van der Waals surface area contributed by atoms with Crippen LogP contribution in [0.3, 0.4) is 0 Å². The van der Waals surface area contributed by atoms with E-state index in [4.69, 9.17) is 5.11 Å². The van der Waals surface area contributed by atoms with E-state index >= 15 is 0 Å². The molecule has 0 radical (unpaired) electrons. The first kappa shape index (κ1) is 11.4. The van der Waals surface area contributed by atoms with Gasteiger partial charge in [0.05, 0.1) is 22.5 Å². The number of carbonyl (C=O) groups is 1. The minimum atomic E-state index is -0.933. The molecule has 0 aliphatic rings. The van der Waals surface area contributed by atoms with Crippen molar-refractivity contribution in [2.24, 2.45) is 0 Å². The maximum absolute atomic E-state index is 10.8. The fourth-order valence-corrected chi connectivity index (χ4v) is 2.05. The predicted molar refractivity (Wildman–Crippen MR) is 70.6 cm³/mol. The molecule has 0 spiro atoms. The van der Waals surface area contributed by atoms with Gasteiger partial charge in [-0.1, -0.05) is 0 Å². The van der Waals surface area contributed by atoms with Crippen molar-refractivity contribution in [2.45, 2.75) is 6.92 Å². The second-order valence-electron chi connectivity index (χ2n) is 4.24. The van der Waals surface area contributed by atoms with Gasteiger partial charge in [0, 0.05) is 17.8 Å². The molecular formula is C14H11N3O2. The number of carboxylic acid groups (broad SMARTS) is 1. The van der Waals surface area contributed by atoms with E-state index in [1.165, 1.54) is 0 Å². The number of hydrogen-bond donors (Lipinski definition) is 1. The Morgan fingerprint density at radius 1 is 1.21 bits per heavy atom. The average Bonchev–Trinajstić information content (AvgIpc) is 2.77. The Morgan fingerprint density at radius 3 is 2.63 bits per heavy atom. The Labute approximate surface area is 109 Å². The van der Waals surface area contributed by atoms with Crippen LogP contribution in [0.4, 0.5) is 0 Å². The van der Waals surface area contributed by atoms with E-state index in [0.717, 1.165) is 22.3 Å². The quantitative estimate of drug-likeness (QED) is 0.761. The number of aromatic carboxylic acids is 1. The molecule has 19 heavy (non-hydrogen) atoms. The van der Waals surface area contributed by atoms with Crippen molar-refractivity contribution in [1.29, 1.82) is 0 Å². The SMILES string of the molecule is Cc1nn(-c2ccc(C(=O)O)cc2)c2ccncc12. The summed E-state index contributed by atoms with van der Waals surface area (Å²) in [7, 11) is 0. The van der Waals surface area contributed by atoms with E-state index < -0.39 is 5.97 Å². The third-order valence-electron chi connectivity index (χ3n) is 3.02. The van der Waals surface area contributed by atoms with Crippen LogP contribution < -0.4 is 0 Å². The zero-order valence-electron chi connectivity index (χ0n) is 10.2. The summed E-state index contributed by atoms with van der Waals surface area (Å²) in [4.78, 5) is 14.9. The molecule has 0 amide bonds. The van der Waals surface area contributed by atoms with Crippen molar-refractivity contribution in [1.82, 2.24) is 14.8 Å².